The lowest BCUT2D eigenvalue weighted by Gasteiger charge is -2.25. The second-order valence-corrected chi connectivity index (χ2v) is 22.1. The molecular formula is C68H112N2O6P+. The van der Waals surface area contributed by atoms with Gasteiger partial charge in [-0.3, -0.25) is 13.8 Å². The predicted octanol–water partition coefficient (Wildman–Crippen LogP) is 18.8. The van der Waals surface area contributed by atoms with Crippen LogP contribution in [0.25, 0.3) is 0 Å². The van der Waals surface area contributed by atoms with Crippen molar-refractivity contribution in [3.8, 4) is 0 Å². The van der Waals surface area contributed by atoms with Crippen LogP contribution in [0.4, 0.5) is 0 Å². The van der Waals surface area contributed by atoms with Crippen LogP contribution < -0.4 is 5.32 Å². The molecule has 8 nitrogen and oxygen atoms in total. The molecule has 0 fully saturated rings. The van der Waals surface area contributed by atoms with Crippen molar-refractivity contribution in [2.24, 2.45) is 0 Å². The third-order valence-corrected chi connectivity index (χ3v) is 13.1. The molecule has 0 saturated carbocycles. The number of aliphatic hydroxyl groups is 1. The van der Waals surface area contributed by atoms with E-state index in [-0.39, 0.29) is 19.1 Å². The van der Waals surface area contributed by atoms with Crippen LogP contribution in [0.15, 0.2) is 170 Å². The lowest BCUT2D eigenvalue weighted by atomic mass is 10.1. The Morgan fingerprint density at radius 2 is 0.792 bits per heavy atom. The Balaban J connectivity index is 4.18. The van der Waals surface area contributed by atoms with Crippen molar-refractivity contribution in [1.29, 1.82) is 0 Å². The van der Waals surface area contributed by atoms with Crippen molar-refractivity contribution in [2.45, 2.75) is 212 Å². The minimum atomic E-state index is -4.37. The van der Waals surface area contributed by atoms with Gasteiger partial charge in [-0.25, -0.2) is 4.57 Å². The van der Waals surface area contributed by atoms with Crippen molar-refractivity contribution in [3.05, 3.63) is 170 Å². The standard InChI is InChI=1S/C68H111N2O6P/c1-6-8-10-12-14-16-18-20-22-23-24-25-26-27-28-29-30-31-32-33-34-35-36-37-38-39-40-41-42-43-44-45-46-47-48-50-52-54-56-58-60-62-68(72)69-66(65-76-77(73,74)75-64-63-70(3,4)5)67(71)61-59-57-55-53-51-49-21-19-17-15-13-11-9-7-2/h8,10,14,16-17,19-20,22,24-25,27-28,30-31,33-34,36-37,39-40,42-43,45-46,51,53,59,61,66-67,71H,6-7,9,11-13,15,18,21,23,26,29,32,35,38,41,44,47-50,52,54-58,60,62-65H2,1-5H3,(H-,69,72,73,74)/p+1/b10-8-,16-14-,19-17+,22-20-,25-24-,28-27-,31-30-,34-33-,37-36-,40-39-,43-42-,46-45-,53-51+,61-59+. The maximum atomic E-state index is 13.0. The van der Waals surface area contributed by atoms with E-state index in [0.717, 1.165) is 135 Å². The summed E-state index contributed by atoms with van der Waals surface area (Å²) in [6.07, 6.45) is 90.4. The van der Waals surface area contributed by atoms with E-state index in [2.05, 4.69) is 177 Å². The van der Waals surface area contributed by atoms with Crippen molar-refractivity contribution < 1.29 is 32.9 Å². The number of phosphoric acid groups is 1. The predicted molar refractivity (Wildman–Crippen MR) is 336 cm³/mol. The average Bonchev–Trinajstić information content (AvgIpc) is 3.39. The van der Waals surface area contributed by atoms with Crippen LogP contribution in [-0.2, 0) is 18.4 Å². The molecule has 0 aromatic carbocycles. The summed E-state index contributed by atoms with van der Waals surface area (Å²) in [6.45, 7) is 4.61. The first-order valence-corrected chi connectivity index (χ1v) is 31.5. The van der Waals surface area contributed by atoms with Gasteiger partial charge in [-0.2, -0.15) is 0 Å². The number of unbranched alkanes of at least 4 members (excludes halogenated alkanes) is 13. The van der Waals surface area contributed by atoms with Crippen LogP contribution in [-0.4, -0.2) is 73.4 Å². The summed E-state index contributed by atoms with van der Waals surface area (Å²) in [5.41, 5.74) is 0. The largest absolute Gasteiger partial charge is 0.472 e. The molecule has 0 aromatic rings. The summed E-state index contributed by atoms with van der Waals surface area (Å²) < 4.78 is 23.6. The SMILES string of the molecule is CC/C=C\C/C=C\C/C=C\C/C=C\C/C=C\C/C=C\C/C=C\C/C=C\C/C=C\C/C=C\C/C=C\CCCCCCCCCC(=O)NC(COP(=O)(O)OCC[N+](C)(C)C)C(O)/C=C/CC/C=C/CC/C=C/CCCCCC. The molecule has 3 unspecified atom stereocenters. The Bertz CT molecular complexity index is 1850. The number of amides is 1. The van der Waals surface area contributed by atoms with Crippen LogP contribution >= 0.6 is 7.82 Å². The average molecular weight is 1080 g/mol. The van der Waals surface area contributed by atoms with E-state index in [0.29, 0.717) is 17.4 Å². The molecule has 0 spiro atoms. The Hall–Kier alpha value is -4.14. The molecule has 9 heteroatoms. The smallest absolute Gasteiger partial charge is 0.387 e. The van der Waals surface area contributed by atoms with Gasteiger partial charge in [-0.05, 0) is 128 Å². The summed E-state index contributed by atoms with van der Waals surface area (Å²) in [4.78, 5) is 23.3. The summed E-state index contributed by atoms with van der Waals surface area (Å²) >= 11 is 0. The number of carbonyl (C=O) groups excluding carboxylic acids is 1. The molecule has 0 aliphatic rings. The number of allylic oxidation sites excluding steroid dienone is 27. The van der Waals surface area contributed by atoms with Crippen molar-refractivity contribution in [2.75, 3.05) is 40.9 Å². The van der Waals surface area contributed by atoms with Crippen LogP contribution in [0, 0.1) is 0 Å². The number of phosphoric ester groups is 1. The van der Waals surface area contributed by atoms with Gasteiger partial charge in [0.2, 0.25) is 5.91 Å². The zero-order valence-corrected chi connectivity index (χ0v) is 50.3. The van der Waals surface area contributed by atoms with E-state index in [1.54, 1.807) is 6.08 Å². The maximum absolute atomic E-state index is 13.0. The number of rotatable bonds is 52. The van der Waals surface area contributed by atoms with Crippen molar-refractivity contribution in [1.82, 2.24) is 5.32 Å². The quantitative estimate of drug-likeness (QED) is 0.0243. The number of aliphatic hydroxyl groups excluding tert-OH is 1. The van der Waals surface area contributed by atoms with Gasteiger partial charge in [0.25, 0.3) is 0 Å². The molecule has 0 heterocycles. The van der Waals surface area contributed by atoms with Crippen LogP contribution in [0.3, 0.4) is 0 Å². The summed E-state index contributed by atoms with van der Waals surface area (Å²) in [5, 5.41) is 13.9. The molecular weight excluding hydrogens is 972 g/mol. The molecule has 434 valence electrons. The minimum Gasteiger partial charge on any atom is -0.387 e. The first kappa shape index (κ1) is 72.9. The molecule has 0 saturated heterocycles. The first-order valence-electron chi connectivity index (χ1n) is 30.0. The lowest BCUT2D eigenvalue weighted by Crippen LogP contribution is -2.45. The highest BCUT2D eigenvalue weighted by Crippen LogP contribution is 2.43. The van der Waals surface area contributed by atoms with E-state index < -0.39 is 20.0 Å². The Kier molecular flexibility index (Phi) is 53.5. The van der Waals surface area contributed by atoms with E-state index in [1.807, 2.05) is 27.2 Å². The van der Waals surface area contributed by atoms with E-state index in [4.69, 9.17) is 9.05 Å². The summed E-state index contributed by atoms with van der Waals surface area (Å²) in [7, 11) is 1.51. The highest BCUT2D eigenvalue weighted by molar-refractivity contribution is 7.47. The molecule has 77 heavy (non-hydrogen) atoms. The maximum Gasteiger partial charge on any atom is 0.472 e. The highest BCUT2D eigenvalue weighted by Gasteiger charge is 2.27. The number of quaternary nitrogens is 1. The Morgan fingerprint density at radius 1 is 0.455 bits per heavy atom. The van der Waals surface area contributed by atoms with E-state index in [9.17, 15) is 19.4 Å². The molecule has 0 aliphatic heterocycles. The zero-order chi connectivity index (χ0) is 56.3. The monoisotopic (exact) mass is 1080 g/mol. The van der Waals surface area contributed by atoms with Crippen LogP contribution in [0.5, 0.6) is 0 Å². The lowest BCUT2D eigenvalue weighted by molar-refractivity contribution is -0.870. The normalized spacial score (nSPS) is 15.1. The Morgan fingerprint density at radius 3 is 1.19 bits per heavy atom. The van der Waals surface area contributed by atoms with Crippen molar-refractivity contribution >= 4 is 13.7 Å². The molecule has 3 atom stereocenters. The molecule has 1 amide bonds. The van der Waals surface area contributed by atoms with Gasteiger partial charge in [0, 0.05) is 6.42 Å². The number of hydrogen-bond donors (Lipinski definition) is 3. The second-order valence-electron chi connectivity index (χ2n) is 20.6. The van der Waals surface area contributed by atoms with Gasteiger partial charge in [-0.15, -0.1) is 0 Å². The van der Waals surface area contributed by atoms with E-state index in [1.165, 1.54) is 44.9 Å². The molecule has 3 N–H and O–H groups in total. The first-order chi connectivity index (χ1) is 37.5. The molecule has 0 rings (SSSR count). The Labute approximate surface area is 473 Å². The van der Waals surface area contributed by atoms with Gasteiger partial charge in [0.1, 0.15) is 13.2 Å². The van der Waals surface area contributed by atoms with E-state index >= 15 is 0 Å². The fourth-order valence-electron chi connectivity index (χ4n) is 7.49. The zero-order valence-electron chi connectivity index (χ0n) is 49.4. The molecule has 0 aromatic heterocycles. The van der Waals surface area contributed by atoms with Gasteiger partial charge in [-0.1, -0.05) is 235 Å². The van der Waals surface area contributed by atoms with Gasteiger partial charge in [0.05, 0.1) is 39.9 Å². The number of likely N-dealkylation sites (N-methyl/N-ethyl adjacent to an activating group) is 1. The number of nitrogens with zero attached hydrogens (tertiary/aromatic N) is 1. The number of hydrogen-bond acceptors (Lipinski definition) is 5. The topological polar surface area (TPSA) is 105 Å². The van der Waals surface area contributed by atoms with Gasteiger partial charge in [0.15, 0.2) is 0 Å². The fourth-order valence-corrected chi connectivity index (χ4v) is 8.22. The highest BCUT2D eigenvalue weighted by atomic mass is 31.2. The summed E-state index contributed by atoms with van der Waals surface area (Å²) in [6, 6.07) is -0.888. The van der Waals surface area contributed by atoms with Crippen molar-refractivity contribution in [3.63, 3.8) is 0 Å². The molecule has 0 radical (unpaired) electrons. The number of carbonyl (C=O) groups is 1. The van der Waals surface area contributed by atoms with Crippen LogP contribution in [0.1, 0.15) is 200 Å². The minimum absolute atomic E-state index is 0.0421. The summed E-state index contributed by atoms with van der Waals surface area (Å²) in [5.74, 6) is -0.211. The van der Waals surface area contributed by atoms with Gasteiger partial charge >= 0.3 is 7.82 Å². The fraction of sp³-hybridized carbons (Fsp3) is 0.574. The van der Waals surface area contributed by atoms with Gasteiger partial charge < -0.3 is 19.8 Å². The third kappa shape index (κ3) is 59.4. The van der Waals surface area contributed by atoms with Crippen LogP contribution in [0.2, 0.25) is 0 Å². The molecule has 0 aliphatic carbocycles. The molecule has 0 bridgehead atoms. The number of nitrogens with one attached hydrogen (secondary N) is 1. The second kappa shape index (κ2) is 56.6. The third-order valence-electron chi connectivity index (χ3n) is 12.1.